The molecular formula is C18H32O4. The van der Waals surface area contributed by atoms with Crippen LogP contribution in [0.4, 0.5) is 0 Å². The molecule has 1 aromatic rings. The van der Waals surface area contributed by atoms with E-state index in [1.165, 1.54) is 0 Å². The molecule has 3 unspecified atom stereocenters. The molecule has 0 heterocycles. The molecular weight excluding hydrogens is 280 g/mol. The van der Waals surface area contributed by atoms with Crippen LogP contribution in [0.3, 0.4) is 0 Å². The minimum absolute atomic E-state index is 0.0699. The molecule has 0 fully saturated rings. The summed E-state index contributed by atoms with van der Waals surface area (Å²) in [5, 5.41) is 35.7. The van der Waals surface area contributed by atoms with E-state index in [1.54, 1.807) is 0 Å². The predicted molar refractivity (Wildman–Crippen MR) is 90.3 cm³/mol. The first-order valence-electron chi connectivity index (χ1n) is 8.03. The summed E-state index contributed by atoms with van der Waals surface area (Å²) in [5.41, 5.74) is 3.18. The third-order valence-corrected chi connectivity index (χ3v) is 3.75. The monoisotopic (exact) mass is 312 g/mol. The highest BCUT2D eigenvalue weighted by atomic mass is 16.3. The van der Waals surface area contributed by atoms with Gasteiger partial charge >= 0.3 is 0 Å². The Morgan fingerprint density at radius 1 is 0.682 bits per heavy atom. The van der Waals surface area contributed by atoms with Crippen molar-refractivity contribution in [2.75, 3.05) is 26.4 Å². The van der Waals surface area contributed by atoms with Gasteiger partial charge < -0.3 is 20.4 Å². The number of aliphatic hydroxyl groups is 4. The first-order valence-corrected chi connectivity index (χ1v) is 8.03. The van der Waals surface area contributed by atoms with E-state index in [-0.39, 0.29) is 37.6 Å². The summed E-state index contributed by atoms with van der Waals surface area (Å²) < 4.78 is 0. The van der Waals surface area contributed by atoms with Crippen molar-refractivity contribution in [3.63, 3.8) is 0 Å². The van der Waals surface area contributed by atoms with Crippen molar-refractivity contribution in [1.82, 2.24) is 0 Å². The van der Waals surface area contributed by atoms with E-state index in [9.17, 15) is 15.3 Å². The fraction of sp³-hybridized carbons (Fsp3) is 0.667. The second kappa shape index (κ2) is 11.6. The van der Waals surface area contributed by atoms with Crippen LogP contribution in [0, 0.1) is 0 Å². The highest BCUT2D eigenvalue weighted by Crippen LogP contribution is 2.27. The molecule has 0 radical (unpaired) electrons. The van der Waals surface area contributed by atoms with Gasteiger partial charge in [-0.15, -0.1) is 0 Å². The average Bonchev–Trinajstić information content (AvgIpc) is 2.59. The lowest BCUT2D eigenvalue weighted by Crippen LogP contribution is -2.07. The van der Waals surface area contributed by atoms with Crippen molar-refractivity contribution >= 4 is 0 Å². The molecule has 0 aliphatic carbocycles. The van der Waals surface area contributed by atoms with Gasteiger partial charge in [0.2, 0.25) is 0 Å². The average molecular weight is 312 g/mol. The van der Waals surface area contributed by atoms with Crippen LogP contribution in [-0.2, 0) is 0 Å². The van der Waals surface area contributed by atoms with Gasteiger partial charge in [0.05, 0.1) is 0 Å². The summed E-state index contributed by atoms with van der Waals surface area (Å²) in [5.74, 6) is 0.210. The van der Waals surface area contributed by atoms with Crippen molar-refractivity contribution < 1.29 is 20.4 Å². The second-order valence-corrected chi connectivity index (χ2v) is 5.91. The zero-order valence-electron chi connectivity index (χ0n) is 14.3. The van der Waals surface area contributed by atoms with Crippen molar-refractivity contribution in [3.8, 4) is 0 Å². The molecule has 0 aliphatic rings. The van der Waals surface area contributed by atoms with Gasteiger partial charge in [-0.1, -0.05) is 45.9 Å². The van der Waals surface area contributed by atoms with Gasteiger partial charge in [0.1, 0.15) is 0 Å². The van der Waals surface area contributed by atoms with Crippen LogP contribution < -0.4 is 0 Å². The van der Waals surface area contributed by atoms with Crippen LogP contribution in [0.2, 0.25) is 0 Å². The molecule has 128 valence electrons. The van der Waals surface area contributed by atoms with E-state index in [0.717, 1.165) is 23.1 Å². The van der Waals surface area contributed by atoms with Gasteiger partial charge in [-0.05, 0) is 23.1 Å². The predicted octanol–water partition coefficient (Wildman–Crippen LogP) is 2.36. The summed E-state index contributed by atoms with van der Waals surface area (Å²) in [6, 6.07) is 6.11. The van der Waals surface area contributed by atoms with Crippen molar-refractivity contribution in [1.29, 1.82) is 0 Å². The lowest BCUT2D eigenvalue weighted by molar-refractivity contribution is 0.268. The van der Waals surface area contributed by atoms with Crippen LogP contribution in [0.1, 0.15) is 68.6 Å². The minimum atomic E-state index is 0.0699. The minimum Gasteiger partial charge on any atom is -0.396 e. The molecule has 1 rings (SSSR count). The molecule has 0 spiro atoms. The Kier molecular flexibility index (Phi) is 11.1. The smallest absolute Gasteiger partial charge is 0.0497 e. The summed E-state index contributed by atoms with van der Waals surface area (Å²) in [6.45, 7) is 8.46. The van der Waals surface area contributed by atoms with Crippen LogP contribution in [-0.4, -0.2) is 46.9 Å². The largest absolute Gasteiger partial charge is 0.396 e. The quantitative estimate of drug-likeness (QED) is 0.623. The van der Waals surface area contributed by atoms with Gasteiger partial charge in [-0.3, -0.25) is 0 Å². The van der Waals surface area contributed by atoms with Crippen LogP contribution in [0.5, 0.6) is 0 Å². The fourth-order valence-corrected chi connectivity index (χ4v) is 1.87. The molecule has 0 aliphatic heterocycles. The van der Waals surface area contributed by atoms with Crippen LogP contribution in [0.15, 0.2) is 18.2 Å². The van der Waals surface area contributed by atoms with E-state index in [0.29, 0.717) is 6.61 Å². The number of hydrogen-bond acceptors (Lipinski definition) is 4. The Labute approximate surface area is 134 Å². The first kappa shape index (κ1) is 21.1. The third kappa shape index (κ3) is 6.88. The van der Waals surface area contributed by atoms with E-state index in [4.69, 9.17) is 5.11 Å². The Balaban J connectivity index is 0.000000980. The maximum atomic E-state index is 9.26. The van der Waals surface area contributed by atoms with Crippen molar-refractivity contribution in [2.24, 2.45) is 0 Å². The van der Waals surface area contributed by atoms with E-state index >= 15 is 0 Å². The molecule has 3 atom stereocenters. The van der Waals surface area contributed by atoms with Gasteiger partial charge in [-0.25, -0.2) is 0 Å². The van der Waals surface area contributed by atoms with Crippen molar-refractivity contribution in [2.45, 2.75) is 51.9 Å². The Morgan fingerprint density at radius 2 is 0.909 bits per heavy atom. The molecule has 0 saturated carbocycles. The lowest BCUT2D eigenvalue weighted by atomic mass is 9.89. The number of benzene rings is 1. The molecule has 0 aromatic heterocycles. The zero-order chi connectivity index (χ0) is 17.1. The molecule has 4 heteroatoms. The SMILES string of the molecule is CC(CO)c1cc(C(C)CO)cc(C(C)CO)c1.CCCO. The van der Waals surface area contributed by atoms with Crippen LogP contribution >= 0.6 is 0 Å². The number of rotatable bonds is 7. The lowest BCUT2D eigenvalue weighted by Gasteiger charge is -2.18. The molecule has 0 bridgehead atoms. The van der Waals surface area contributed by atoms with E-state index < -0.39 is 0 Å². The molecule has 22 heavy (non-hydrogen) atoms. The number of hydrogen-bond donors (Lipinski definition) is 4. The second-order valence-electron chi connectivity index (χ2n) is 5.91. The molecule has 4 nitrogen and oxygen atoms in total. The van der Waals surface area contributed by atoms with Crippen LogP contribution in [0.25, 0.3) is 0 Å². The highest BCUT2D eigenvalue weighted by Gasteiger charge is 2.13. The molecule has 0 amide bonds. The maximum absolute atomic E-state index is 9.26. The fourth-order valence-electron chi connectivity index (χ4n) is 1.87. The number of aliphatic hydroxyl groups excluding tert-OH is 4. The molecule has 1 aromatic carbocycles. The summed E-state index contributed by atoms with van der Waals surface area (Å²) in [7, 11) is 0. The standard InChI is InChI=1S/C15H24O3.C3H8O/c1-10(7-16)13-4-14(11(2)8-17)6-15(5-13)12(3)9-18;1-2-3-4/h4-6,10-12,16-18H,7-9H2,1-3H3;4H,2-3H2,1H3. The van der Waals surface area contributed by atoms with Gasteiger partial charge in [0.25, 0.3) is 0 Å². The van der Waals surface area contributed by atoms with Gasteiger partial charge in [0.15, 0.2) is 0 Å². The highest BCUT2D eigenvalue weighted by molar-refractivity contribution is 5.35. The molecule has 4 N–H and O–H groups in total. The summed E-state index contributed by atoms with van der Waals surface area (Å²) >= 11 is 0. The Hall–Kier alpha value is -0.940. The van der Waals surface area contributed by atoms with E-state index in [2.05, 4.69) is 0 Å². The topological polar surface area (TPSA) is 80.9 Å². The van der Waals surface area contributed by atoms with E-state index in [1.807, 2.05) is 45.9 Å². The van der Waals surface area contributed by atoms with Crippen molar-refractivity contribution in [3.05, 3.63) is 34.9 Å². The van der Waals surface area contributed by atoms with Gasteiger partial charge in [-0.2, -0.15) is 0 Å². The molecule has 0 saturated heterocycles. The summed E-state index contributed by atoms with van der Waals surface area (Å²) in [6.07, 6.45) is 0.875. The third-order valence-electron chi connectivity index (χ3n) is 3.75. The summed E-state index contributed by atoms with van der Waals surface area (Å²) in [4.78, 5) is 0. The normalized spacial score (nSPS) is 14.7. The Bertz CT molecular complexity index is 335. The Morgan fingerprint density at radius 3 is 1.05 bits per heavy atom. The van der Waals surface area contributed by atoms with Gasteiger partial charge in [0, 0.05) is 44.2 Å². The zero-order valence-corrected chi connectivity index (χ0v) is 14.3. The maximum Gasteiger partial charge on any atom is 0.0497 e. The first-order chi connectivity index (χ1) is 10.4.